The van der Waals surface area contributed by atoms with Crippen molar-refractivity contribution >= 4 is 63.7 Å². The highest BCUT2D eigenvalue weighted by Crippen LogP contribution is 2.32. The lowest BCUT2D eigenvalue weighted by Crippen LogP contribution is -2.00. The molecule has 2 aromatic rings. The number of carbonyl (C=O) groups is 1. The zero-order valence-electron chi connectivity index (χ0n) is 8.95. The summed E-state index contributed by atoms with van der Waals surface area (Å²) in [5.41, 5.74) is 0.487. The van der Waals surface area contributed by atoms with Gasteiger partial charge in [0.05, 0.1) is 10.1 Å². The van der Waals surface area contributed by atoms with Gasteiger partial charge in [-0.25, -0.2) is 0 Å². The van der Waals surface area contributed by atoms with Crippen LogP contribution in [-0.2, 0) is 0 Å². The maximum absolute atomic E-state index is 11.9. The number of thiophene rings is 1. The van der Waals surface area contributed by atoms with Crippen LogP contribution in [0.4, 0.5) is 0 Å². The Kier molecular flexibility index (Phi) is 4.98. The van der Waals surface area contributed by atoms with Crippen LogP contribution < -0.4 is 0 Å². The van der Waals surface area contributed by atoms with Crippen LogP contribution in [0.25, 0.3) is 0 Å². The first-order valence-electron chi connectivity index (χ1n) is 4.92. The molecule has 1 heterocycles. The lowest BCUT2D eigenvalue weighted by atomic mass is 10.2. The van der Waals surface area contributed by atoms with E-state index in [1.807, 2.05) is 18.2 Å². The Hall–Kier alpha value is -0.190. The van der Waals surface area contributed by atoms with Crippen molar-refractivity contribution in [1.82, 2.24) is 0 Å². The molecule has 18 heavy (non-hydrogen) atoms. The predicted molar refractivity (Wildman–Crippen MR) is 80.8 cm³/mol. The van der Waals surface area contributed by atoms with Gasteiger partial charge in [-0.15, -0.1) is 23.1 Å². The lowest BCUT2D eigenvalue weighted by Gasteiger charge is -2.01. The third-order valence-electron chi connectivity index (χ3n) is 2.12. The minimum Gasteiger partial charge on any atom is -0.293 e. The van der Waals surface area contributed by atoms with E-state index in [4.69, 9.17) is 34.8 Å². The number of halogens is 3. The van der Waals surface area contributed by atoms with E-state index >= 15 is 0 Å². The number of rotatable bonds is 4. The molecule has 0 saturated heterocycles. The molecule has 0 saturated carbocycles. The van der Waals surface area contributed by atoms with E-state index < -0.39 is 0 Å². The molecule has 0 spiro atoms. The maximum atomic E-state index is 11.9. The maximum Gasteiger partial charge on any atom is 0.175 e. The highest BCUT2D eigenvalue weighted by molar-refractivity contribution is 8.00. The highest BCUT2D eigenvalue weighted by Gasteiger charge is 2.14. The highest BCUT2D eigenvalue weighted by atomic mass is 35.5. The Labute approximate surface area is 128 Å². The molecule has 0 amide bonds. The number of benzene rings is 1. The number of Topliss-reactive ketones (excluding diaryl/α,β-unsaturated/α-hetero) is 1. The van der Waals surface area contributed by atoms with E-state index in [9.17, 15) is 4.79 Å². The Bertz CT molecular complexity index is 580. The fraction of sp³-hybridized carbons (Fsp3) is 0.0833. The Morgan fingerprint density at radius 1 is 1.22 bits per heavy atom. The minimum atomic E-state index is -0.0341. The van der Waals surface area contributed by atoms with Crippen LogP contribution in [0.2, 0.25) is 13.7 Å². The van der Waals surface area contributed by atoms with E-state index in [0.717, 1.165) is 4.90 Å². The average molecular weight is 338 g/mol. The first kappa shape index (κ1) is 14.2. The molecule has 1 aromatic heterocycles. The van der Waals surface area contributed by atoms with Gasteiger partial charge < -0.3 is 0 Å². The van der Waals surface area contributed by atoms with Crippen LogP contribution in [-0.4, -0.2) is 11.5 Å². The first-order chi connectivity index (χ1) is 8.56. The van der Waals surface area contributed by atoms with Gasteiger partial charge in [-0.1, -0.05) is 40.9 Å². The molecule has 6 heteroatoms. The number of thioether (sulfide) groups is 1. The molecule has 0 unspecified atom stereocenters. The molecule has 2 rings (SSSR count). The number of ketones is 1. The van der Waals surface area contributed by atoms with Gasteiger partial charge in [0.2, 0.25) is 0 Å². The van der Waals surface area contributed by atoms with Gasteiger partial charge >= 0.3 is 0 Å². The van der Waals surface area contributed by atoms with E-state index in [-0.39, 0.29) is 5.78 Å². The van der Waals surface area contributed by atoms with Gasteiger partial charge in [0.1, 0.15) is 4.34 Å². The van der Waals surface area contributed by atoms with Crippen molar-refractivity contribution in [1.29, 1.82) is 0 Å². The quantitative estimate of drug-likeness (QED) is 0.527. The molecule has 1 nitrogen and oxygen atoms in total. The van der Waals surface area contributed by atoms with Gasteiger partial charge in [0, 0.05) is 15.5 Å². The number of hydrogen-bond acceptors (Lipinski definition) is 3. The molecule has 0 bridgehead atoms. The van der Waals surface area contributed by atoms with Crippen molar-refractivity contribution in [2.75, 3.05) is 5.75 Å². The number of carbonyl (C=O) groups excluding carboxylic acids is 1. The van der Waals surface area contributed by atoms with Crippen molar-refractivity contribution in [3.8, 4) is 0 Å². The van der Waals surface area contributed by atoms with E-state index in [2.05, 4.69) is 0 Å². The summed E-state index contributed by atoms with van der Waals surface area (Å²) < 4.78 is 0.966. The van der Waals surface area contributed by atoms with Crippen LogP contribution in [0, 0.1) is 0 Å². The molecule has 94 valence electrons. The minimum absolute atomic E-state index is 0.0341. The summed E-state index contributed by atoms with van der Waals surface area (Å²) in [6.07, 6.45) is 0. The molecule has 0 N–H and O–H groups in total. The third kappa shape index (κ3) is 3.65. The summed E-state index contributed by atoms with van der Waals surface area (Å²) in [6, 6.07) is 8.98. The van der Waals surface area contributed by atoms with Crippen LogP contribution >= 0.6 is 57.9 Å². The van der Waals surface area contributed by atoms with Crippen molar-refractivity contribution in [3.63, 3.8) is 0 Å². The Morgan fingerprint density at radius 3 is 2.61 bits per heavy atom. The largest absolute Gasteiger partial charge is 0.293 e. The lowest BCUT2D eigenvalue weighted by molar-refractivity contribution is 0.102. The summed E-state index contributed by atoms with van der Waals surface area (Å²) in [7, 11) is 0. The molecule has 1 aromatic carbocycles. The smallest absolute Gasteiger partial charge is 0.175 e. The van der Waals surface area contributed by atoms with E-state index in [0.29, 0.717) is 25.0 Å². The zero-order chi connectivity index (χ0) is 13.1. The summed E-state index contributed by atoms with van der Waals surface area (Å²) >= 11 is 20.2. The van der Waals surface area contributed by atoms with Gasteiger partial charge in [-0.05, 0) is 24.3 Å². The molecular formula is C12H7Cl3OS2. The second-order valence-electron chi connectivity index (χ2n) is 3.41. The fourth-order valence-corrected chi connectivity index (χ4v) is 3.91. The molecule has 0 atom stereocenters. The van der Waals surface area contributed by atoms with Crippen molar-refractivity contribution in [3.05, 3.63) is 49.6 Å². The molecule has 0 radical (unpaired) electrons. The Morgan fingerprint density at radius 2 is 2.00 bits per heavy atom. The van der Waals surface area contributed by atoms with Crippen LogP contribution in [0.3, 0.4) is 0 Å². The summed E-state index contributed by atoms with van der Waals surface area (Å²) in [5.74, 6) is 0.278. The van der Waals surface area contributed by atoms with Crippen LogP contribution in [0.15, 0.2) is 35.2 Å². The van der Waals surface area contributed by atoms with Gasteiger partial charge in [0.15, 0.2) is 5.78 Å². The molecule has 0 aliphatic carbocycles. The van der Waals surface area contributed by atoms with E-state index in [1.54, 1.807) is 12.1 Å². The molecule has 0 fully saturated rings. The third-order valence-corrected chi connectivity index (χ3v) is 4.84. The first-order valence-corrected chi connectivity index (χ1v) is 7.86. The van der Waals surface area contributed by atoms with Crippen molar-refractivity contribution < 1.29 is 4.79 Å². The monoisotopic (exact) mass is 336 g/mol. The average Bonchev–Trinajstić information content (AvgIpc) is 2.66. The van der Waals surface area contributed by atoms with Gasteiger partial charge in [-0.3, -0.25) is 4.79 Å². The second-order valence-corrected chi connectivity index (χ2v) is 7.18. The number of hydrogen-bond donors (Lipinski definition) is 0. The SMILES string of the molecule is O=C(CSc1cccc(Cl)c1)c1cc(Cl)sc1Cl. The summed E-state index contributed by atoms with van der Waals surface area (Å²) in [4.78, 5) is 12.9. The van der Waals surface area contributed by atoms with Crippen molar-refractivity contribution in [2.45, 2.75) is 4.90 Å². The normalized spacial score (nSPS) is 10.6. The zero-order valence-corrected chi connectivity index (χ0v) is 12.9. The summed E-state index contributed by atoms with van der Waals surface area (Å²) in [5, 5.41) is 0.657. The fourth-order valence-electron chi connectivity index (χ4n) is 1.31. The van der Waals surface area contributed by atoms with Crippen LogP contribution in [0.5, 0.6) is 0 Å². The topological polar surface area (TPSA) is 17.1 Å². The summed E-state index contributed by atoms with van der Waals surface area (Å²) in [6.45, 7) is 0. The molecule has 0 aliphatic rings. The second kappa shape index (κ2) is 6.31. The van der Waals surface area contributed by atoms with Gasteiger partial charge in [-0.2, -0.15) is 0 Å². The molecular weight excluding hydrogens is 331 g/mol. The van der Waals surface area contributed by atoms with Crippen molar-refractivity contribution in [2.24, 2.45) is 0 Å². The standard InChI is InChI=1S/C12H7Cl3OS2/c13-7-2-1-3-8(4-7)17-6-10(16)9-5-11(14)18-12(9)15/h1-5H,6H2. The van der Waals surface area contributed by atoms with Gasteiger partial charge in [0.25, 0.3) is 0 Å². The molecule has 0 aliphatic heterocycles. The predicted octanol–water partition coefficient (Wildman–Crippen LogP) is 5.68. The Balaban J connectivity index is 2.03. The van der Waals surface area contributed by atoms with Crippen LogP contribution in [0.1, 0.15) is 10.4 Å². The van der Waals surface area contributed by atoms with E-state index in [1.165, 1.54) is 23.1 Å².